The van der Waals surface area contributed by atoms with Crippen LogP contribution in [0.25, 0.3) is 11.0 Å². The number of hydrogen-bond acceptors (Lipinski definition) is 6. The first-order chi connectivity index (χ1) is 17.5. The molecule has 0 radical (unpaired) electrons. The monoisotopic (exact) mass is 492 g/mol. The highest BCUT2D eigenvalue weighted by molar-refractivity contribution is 5.79. The fourth-order valence-electron chi connectivity index (χ4n) is 4.88. The Hall–Kier alpha value is -3.16. The predicted molar refractivity (Wildman–Crippen MR) is 140 cm³/mol. The van der Waals surface area contributed by atoms with E-state index in [0.29, 0.717) is 30.6 Å². The third-order valence-electron chi connectivity index (χ3n) is 6.93. The van der Waals surface area contributed by atoms with Crippen LogP contribution in [0.5, 0.6) is 5.75 Å². The maximum Gasteiger partial charge on any atom is 0.339 e. The zero-order chi connectivity index (χ0) is 25.3. The number of rotatable bonds is 11. The summed E-state index contributed by atoms with van der Waals surface area (Å²) in [6.45, 7) is 6.06. The van der Waals surface area contributed by atoms with Crippen molar-refractivity contribution in [1.29, 1.82) is 0 Å². The molecule has 0 saturated carbocycles. The molecular formula is C29H36N2O5. The van der Waals surface area contributed by atoms with Crippen LogP contribution < -0.4 is 15.8 Å². The summed E-state index contributed by atoms with van der Waals surface area (Å²) in [6.07, 6.45) is 6.20. The summed E-state index contributed by atoms with van der Waals surface area (Å²) in [5.41, 5.74) is 4.30. The van der Waals surface area contributed by atoms with Gasteiger partial charge >= 0.3 is 5.63 Å². The lowest BCUT2D eigenvalue weighted by molar-refractivity contribution is -0.133. The summed E-state index contributed by atoms with van der Waals surface area (Å²) in [5, 5.41) is 10.1. The van der Waals surface area contributed by atoms with Gasteiger partial charge in [-0.15, -0.1) is 0 Å². The van der Waals surface area contributed by atoms with Crippen LogP contribution in [0.3, 0.4) is 0 Å². The smallest absolute Gasteiger partial charge is 0.339 e. The Morgan fingerprint density at radius 1 is 1.14 bits per heavy atom. The molecule has 7 heteroatoms. The zero-order valence-electron chi connectivity index (χ0n) is 21.0. The van der Waals surface area contributed by atoms with Crippen molar-refractivity contribution in [3.63, 3.8) is 0 Å². The average molecular weight is 493 g/mol. The van der Waals surface area contributed by atoms with Gasteiger partial charge in [-0.1, -0.05) is 30.7 Å². The van der Waals surface area contributed by atoms with Gasteiger partial charge < -0.3 is 14.1 Å². The van der Waals surface area contributed by atoms with Gasteiger partial charge in [0.05, 0.1) is 6.61 Å². The van der Waals surface area contributed by atoms with Crippen molar-refractivity contribution in [3.05, 3.63) is 75.6 Å². The molecule has 1 aliphatic heterocycles. The van der Waals surface area contributed by atoms with Gasteiger partial charge in [0.1, 0.15) is 11.3 Å². The number of fused-ring (bicyclic) bond motifs is 1. The molecule has 192 valence electrons. The van der Waals surface area contributed by atoms with Crippen molar-refractivity contribution in [2.75, 3.05) is 26.2 Å². The predicted octanol–water partition coefficient (Wildman–Crippen LogP) is 4.65. The van der Waals surface area contributed by atoms with Crippen molar-refractivity contribution in [2.24, 2.45) is 5.92 Å². The molecule has 2 aromatic carbocycles. The first kappa shape index (κ1) is 25.9. The Morgan fingerprint density at radius 2 is 1.97 bits per heavy atom. The quantitative estimate of drug-likeness (QED) is 0.175. The summed E-state index contributed by atoms with van der Waals surface area (Å²) < 4.78 is 11.5. The number of ether oxygens (including phenoxy) is 1. The van der Waals surface area contributed by atoms with E-state index in [1.165, 1.54) is 32.4 Å². The number of nitrogens with one attached hydrogen (secondary N) is 1. The highest BCUT2D eigenvalue weighted by atomic mass is 16.5. The van der Waals surface area contributed by atoms with Gasteiger partial charge in [0, 0.05) is 23.4 Å². The minimum Gasteiger partial charge on any atom is -0.494 e. The lowest BCUT2D eigenvalue weighted by Crippen LogP contribution is -2.31. The highest BCUT2D eigenvalue weighted by Gasteiger charge is 2.21. The average Bonchev–Trinajstić information content (AvgIpc) is 2.89. The van der Waals surface area contributed by atoms with E-state index >= 15 is 0 Å². The van der Waals surface area contributed by atoms with Gasteiger partial charge in [0.15, 0.2) is 0 Å². The molecule has 0 spiro atoms. The van der Waals surface area contributed by atoms with Gasteiger partial charge in [-0.25, -0.2) is 10.3 Å². The molecule has 4 rings (SSSR count). The Labute approximate surface area is 212 Å². The molecular weight excluding hydrogens is 456 g/mol. The SMILES string of the molecule is Cc1ccc2cc(CC(CCc3cccc(OCCCN4CCCCC4)c3)C(=O)NO)c(=O)oc2c1. The van der Waals surface area contributed by atoms with Gasteiger partial charge in [-0.3, -0.25) is 10.0 Å². The Kier molecular flexibility index (Phi) is 9.14. The maximum absolute atomic E-state index is 12.6. The molecule has 1 aliphatic rings. The topological polar surface area (TPSA) is 92.0 Å². The number of carbonyl (C=O) groups is 1. The number of benzene rings is 2. The minimum atomic E-state index is -0.574. The molecule has 1 aromatic heterocycles. The second-order valence-corrected chi connectivity index (χ2v) is 9.77. The van der Waals surface area contributed by atoms with E-state index < -0.39 is 17.5 Å². The normalized spacial score (nSPS) is 15.1. The molecule has 36 heavy (non-hydrogen) atoms. The van der Waals surface area contributed by atoms with E-state index in [2.05, 4.69) is 4.90 Å². The number of piperidine rings is 1. The maximum atomic E-state index is 12.6. The molecule has 1 amide bonds. The lowest BCUT2D eigenvalue weighted by Gasteiger charge is -2.26. The fraction of sp³-hybridized carbons (Fsp3) is 0.448. The summed E-state index contributed by atoms with van der Waals surface area (Å²) in [4.78, 5) is 27.5. The van der Waals surface area contributed by atoms with Crippen LogP contribution in [0.4, 0.5) is 0 Å². The molecule has 7 nitrogen and oxygen atoms in total. The summed E-state index contributed by atoms with van der Waals surface area (Å²) >= 11 is 0. The fourth-order valence-corrected chi connectivity index (χ4v) is 4.88. The first-order valence-electron chi connectivity index (χ1n) is 12.9. The van der Waals surface area contributed by atoms with Crippen LogP contribution >= 0.6 is 0 Å². The van der Waals surface area contributed by atoms with E-state index in [0.717, 1.165) is 35.2 Å². The third-order valence-corrected chi connectivity index (χ3v) is 6.93. The summed E-state index contributed by atoms with van der Waals surface area (Å²) in [5.74, 6) is -0.266. The number of nitrogens with zero attached hydrogens (tertiary/aromatic N) is 1. The van der Waals surface area contributed by atoms with Gasteiger partial charge in [0.25, 0.3) is 0 Å². The van der Waals surface area contributed by atoms with E-state index in [1.54, 1.807) is 11.5 Å². The number of amides is 1. The van der Waals surface area contributed by atoms with Gasteiger partial charge in [0.2, 0.25) is 5.91 Å². The molecule has 2 N–H and O–H groups in total. The molecule has 0 aliphatic carbocycles. The number of carbonyl (C=O) groups excluding carboxylic acids is 1. The van der Waals surface area contributed by atoms with Crippen LogP contribution in [0.2, 0.25) is 0 Å². The largest absolute Gasteiger partial charge is 0.494 e. The zero-order valence-corrected chi connectivity index (χ0v) is 21.0. The molecule has 1 unspecified atom stereocenters. The minimum absolute atomic E-state index is 0.186. The summed E-state index contributed by atoms with van der Waals surface area (Å²) in [7, 11) is 0. The number of hydroxylamine groups is 1. The van der Waals surface area contributed by atoms with Crippen LogP contribution in [0, 0.1) is 12.8 Å². The van der Waals surface area contributed by atoms with E-state index in [9.17, 15) is 14.8 Å². The molecule has 1 atom stereocenters. The van der Waals surface area contributed by atoms with Crippen molar-refractivity contribution in [3.8, 4) is 5.75 Å². The van der Waals surface area contributed by atoms with Crippen molar-refractivity contribution in [1.82, 2.24) is 10.4 Å². The van der Waals surface area contributed by atoms with Crippen LogP contribution in [0.15, 0.2) is 57.7 Å². The number of likely N-dealkylation sites (tertiary alicyclic amines) is 1. The third kappa shape index (κ3) is 7.18. The van der Waals surface area contributed by atoms with Crippen LogP contribution in [-0.2, 0) is 17.6 Å². The number of hydrogen-bond donors (Lipinski definition) is 2. The van der Waals surface area contributed by atoms with Crippen molar-refractivity contribution in [2.45, 2.75) is 51.9 Å². The first-order valence-corrected chi connectivity index (χ1v) is 12.9. The molecule has 0 bridgehead atoms. The Morgan fingerprint density at radius 3 is 2.78 bits per heavy atom. The lowest BCUT2D eigenvalue weighted by atomic mass is 9.92. The van der Waals surface area contributed by atoms with Crippen LogP contribution in [0.1, 0.15) is 48.8 Å². The molecule has 2 heterocycles. The van der Waals surface area contributed by atoms with E-state index in [-0.39, 0.29) is 6.42 Å². The van der Waals surface area contributed by atoms with Crippen LogP contribution in [-0.4, -0.2) is 42.3 Å². The molecule has 1 fully saturated rings. The number of aryl methyl sites for hydroxylation is 2. The van der Waals surface area contributed by atoms with E-state index in [1.807, 2.05) is 49.4 Å². The van der Waals surface area contributed by atoms with Crippen molar-refractivity contribution >= 4 is 16.9 Å². The van der Waals surface area contributed by atoms with Gasteiger partial charge in [-0.05, 0) is 93.9 Å². The van der Waals surface area contributed by atoms with E-state index in [4.69, 9.17) is 9.15 Å². The Bertz CT molecular complexity index is 1220. The molecule has 1 saturated heterocycles. The molecule has 3 aromatic rings. The second-order valence-electron chi connectivity index (χ2n) is 9.77. The standard InChI is InChI=1S/C29H36N2O5/c1-21-9-11-23-19-25(29(33)36-27(23)17-21)20-24(28(32)30-34)12-10-22-7-5-8-26(18-22)35-16-6-15-31-13-3-2-4-14-31/h5,7-9,11,17-19,24,34H,2-4,6,10,12-16,20H2,1H3,(H,30,32). The summed E-state index contributed by atoms with van der Waals surface area (Å²) in [6, 6.07) is 15.4. The van der Waals surface area contributed by atoms with Crippen molar-refractivity contribution < 1.29 is 19.2 Å². The second kappa shape index (κ2) is 12.7. The Balaban J connectivity index is 1.34. The highest BCUT2D eigenvalue weighted by Crippen LogP contribution is 2.21. The van der Waals surface area contributed by atoms with Gasteiger partial charge in [-0.2, -0.15) is 0 Å².